The van der Waals surface area contributed by atoms with Crippen LogP contribution in [-0.2, 0) is 6.54 Å². The van der Waals surface area contributed by atoms with Crippen molar-refractivity contribution in [3.05, 3.63) is 24.3 Å². The van der Waals surface area contributed by atoms with Gasteiger partial charge in [-0.05, 0) is 6.07 Å². The van der Waals surface area contributed by atoms with Crippen molar-refractivity contribution in [1.82, 2.24) is 25.1 Å². The molecule has 0 atom stereocenters. The van der Waals surface area contributed by atoms with Crippen LogP contribution in [0.3, 0.4) is 0 Å². The number of hydrogen-bond donors (Lipinski definition) is 3. The van der Waals surface area contributed by atoms with E-state index in [9.17, 15) is 0 Å². The predicted octanol–water partition coefficient (Wildman–Crippen LogP) is -0.211. The lowest BCUT2D eigenvalue weighted by Crippen LogP contribution is -2.02. The average Bonchev–Trinajstić information content (AvgIpc) is 2.63. The average molecular weight is 191 g/mol. The van der Waals surface area contributed by atoms with Gasteiger partial charge in [-0.25, -0.2) is 15.1 Å². The molecule has 0 aromatic carbocycles. The third-order valence-corrected chi connectivity index (χ3v) is 1.57. The molecule has 2 heterocycles. The molecule has 0 fully saturated rings. The summed E-state index contributed by atoms with van der Waals surface area (Å²) >= 11 is 0. The molecule has 0 saturated carbocycles. The van der Waals surface area contributed by atoms with Gasteiger partial charge in [0.25, 0.3) is 0 Å². The van der Waals surface area contributed by atoms with Gasteiger partial charge in [-0.1, -0.05) is 0 Å². The summed E-state index contributed by atoms with van der Waals surface area (Å²) in [5.41, 5.74) is 6.22. The molecule has 2 rings (SSSR count). The first-order chi connectivity index (χ1) is 6.84. The summed E-state index contributed by atoms with van der Waals surface area (Å²) in [5, 5.41) is 9.30. The first-order valence-electron chi connectivity index (χ1n) is 4.01. The van der Waals surface area contributed by atoms with E-state index < -0.39 is 0 Å². The van der Waals surface area contributed by atoms with E-state index in [0.29, 0.717) is 12.5 Å². The molecule has 0 bridgehead atoms. The first-order valence-corrected chi connectivity index (χ1v) is 4.01. The summed E-state index contributed by atoms with van der Waals surface area (Å²) < 4.78 is 0. The van der Waals surface area contributed by atoms with E-state index >= 15 is 0 Å². The zero-order valence-corrected chi connectivity index (χ0v) is 7.31. The SMILES string of the molecule is Nc1nc(NCc2ccncn2)n[nH]1. The lowest BCUT2D eigenvalue weighted by molar-refractivity contribution is 0.979. The number of anilines is 2. The molecule has 0 aliphatic heterocycles. The summed E-state index contributed by atoms with van der Waals surface area (Å²) in [5.74, 6) is 0.747. The van der Waals surface area contributed by atoms with Crippen molar-refractivity contribution in [2.24, 2.45) is 0 Å². The second-order valence-electron chi connectivity index (χ2n) is 2.60. The maximum atomic E-state index is 5.35. The Morgan fingerprint density at radius 2 is 2.43 bits per heavy atom. The normalized spacial score (nSPS) is 10.0. The molecule has 14 heavy (non-hydrogen) atoms. The van der Waals surface area contributed by atoms with Gasteiger partial charge in [0.05, 0.1) is 12.2 Å². The summed E-state index contributed by atoms with van der Waals surface area (Å²) in [6, 6.07) is 1.81. The molecule has 7 heteroatoms. The van der Waals surface area contributed by atoms with Gasteiger partial charge in [-0.15, -0.1) is 5.10 Å². The van der Waals surface area contributed by atoms with Gasteiger partial charge in [0, 0.05) is 6.20 Å². The van der Waals surface area contributed by atoms with Crippen LogP contribution in [0, 0.1) is 0 Å². The highest BCUT2D eigenvalue weighted by Gasteiger charge is 1.99. The standard InChI is InChI=1S/C7H9N7/c8-6-12-7(14-13-6)10-3-5-1-2-9-4-11-5/h1-2,4H,3H2,(H4,8,10,12,13,14). The molecule has 7 nitrogen and oxygen atoms in total. The van der Waals surface area contributed by atoms with Crippen molar-refractivity contribution < 1.29 is 0 Å². The largest absolute Gasteiger partial charge is 0.368 e. The molecule has 0 aliphatic rings. The van der Waals surface area contributed by atoms with Crippen molar-refractivity contribution in [1.29, 1.82) is 0 Å². The third kappa shape index (κ3) is 1.94. The monoisotopic (exact) mass is 191 g/mol. The van der Waals surface area contributed by atoms with Crippen molar-refractivity contribution >= 4 is 11.9 Å². The van der Waals surface area contributed by atoms with Crippen molar-refractivity contribution in [2.75, 3.05) is 11.1 Å². The summed E-state index contributed by atoms with van der Waals surface area (Å²) in [6.45, 7) is 0.541. The minimum absolute atomic E-state index is 0.287. The molecule has 0 unspecified atom stereocenters. The van der Waals surface area contributed by atoms with Crippen LogP contribution in [0.4, 0.5) is 11.9 Å². The highest BCUT2D eigenvalue weighted by Crippen LogP contribution is 2.01. The molecule has 72 valence electrons. The van der Waals surface area contributed by atoms with Crippen LogP contribution in [-0.4, -0.2) is 25.1 Å². The van der Waals surface area contributed by atoms with E-state index in [0.717, 1.165) is 5.69 Å². The highest BCUT2D eigenvalue weighted by atomic mass is 15.3. The first kappa shape index (κ1) is 8.42. The summed E-state index contributed by atoms with van der Waals surface area (Å²) in [6.07, 6.45) is 3.17. The van der Waals surface area contributed by atoms with E-state index in [4.69, 9.17) is 5.73 Å². The number of aromatic nitrogens is 5. The molecule has 2 aromatic heterocycles. The molecule has 0 saturated heterocycles. The Labute approximate surface area is 79.8 Å². The second-order valence-corrected chi connectivity index (χ2v) is 2.60. The number of aromatic amines is 1. The maximum absolute atomic E-state index is 5.35. The van der Waals surface area contributed by atoms with E-state index in [1.165, 1.54) is 6.33 Å². The van der Waals surface area contributed by atoms with Crippen LogP contribution in [0.2, 0.25) is 0 Å². The Balaban J connectivity index is 1.95. The number of nitrogens with one attached hydrogen (secondary N) is 2. The zero-order valence-electron chi connectivity index (χ0n) is 7.31. The van der Waals surface area contributed by atoms with Crippen molar-refractivity contribution in [3.8, 4) is 0 Å². The Hall–Kier alpha value is -2.18. The minimum Gasteiger partial charge on any atom is -0.368 e. The fourth-order valence-corrected chi connectivity index (χ4v) is 0.946. The van der Waals surface area contributed by atoms with Gasteiger partial charge in [-0.3, -0.25) is 0 Å². The Morgan fingerprint density at radius 3 is 3.07 bits per heavy atom. The number of nitrogens with two attached hydrogens (primary N) is 1. The summed E-state index contributed by atoms with van der Waals surface area (Å²) in [7, 11) is 0. The van der Waals surface area contributed by atoms with E-state index in [2.05, 4.69) is 30.5 Å². The van der Waals surface area contributed by atoms with Gasteiger partial charge in [-0.2, -0.15) is 4.98 Å². The van der Waals surface area contributed by atoms with E-state index in [1.54, 1.807) is 6.20 Å². The lowest BCUT2D eigenvalue weighted by atomic mass is 10.4. The molecular weight excluding hydrogens is 182 g/mol. The number of nitrogens with zero attached hydrogens (tertiary/aromatic N) is 4. The molecule has 2 aromatic rings. The number of nitrogen functional groups attached to an aromatic ring is 1. The molecule has 0 aliphatic carbocycles. The van der Waals surface area contributed by atoms with Gasteiger partial charge in [0.2, 0.25) is 11.9 Å². The van der Waals surface area contributed by atoms with E-state index in [1.807, 2.05) is 6.07 Å². The van der Waals surface area contributed by atoms with Crippen molar-refractivity contribution in [2.45, 2.75) is 6.54 Å². The van der Waals surface area contributed by atoms with Gasteiger partial charge >= 0.3 is 0 Å². The fraction of sp³-hybridized carbons (Fsp3) is 0.143. The van der Waals surface area contributed by atoms with Crippen LogP contribution in [0.25, 0.3) is 0 Å². The third-order valence-electron chi connectivity index (χ3n) is 1.57. The van der Waals surface area contributed by atoms with Crippen LogP contribution >= 0.6 is 0 Å². The minimum atomic E-state index is 0.287. The van der Waals surface area contributed by atoms with Crippen LogP contribution < -0.4 is 11.1 Å². The molecule has 0 radical (unpaired) electrons. The number of rotatable bonds is 3. The quantitative estimate of drug-likeness (QED) is 0.619. The van der Waals surface area contributed by atoms with Gasteiger partial charge in [0.15, 0.2) is 0 Å². The molecule has 0 amide bonds. The fourth-order valence-electron chi connectivity index (χ4n) is 0.946. The predicted molar refractivity (Wildman–Crippen MR) is 50.2 cm³/mol. The maximum Gasteiger partial charge on any atom is 0.243 e. The molecular formula is C7H9N7. The van der Waals surface area contributed by atoms with E-state index in [-0.39, 0.29) is 5.95 Å². The van der Waals surface area contributed by atoms with Crippen LogP contribution in [0.1, 0.15) is 5.69 Å². The highest BCUT2D eigenvalue weighted by molar-refractivity contribution is 5.30. The lowest BCUT2D eigenvalue weighted by Gasteiger charge is -1.99. The smallest absolute Gasteiger partial charge is 0.243 e. The van der Waals surface area contributed by atoms with Crippen molar-refractivity contribution in [3.63, 3.8) is 0 Å². The Morgan fingerprint density at radius 1 is 1.50 bits per heavy atom. The second kappa shape index (κ2) is 3.69. The topological polar surface area (TPSA) is 105 Å². The van der Waals surface area contributed by atoms with Crippen LogP contribution in [0.15, 0.2) is 18.6 Å². The Kier molecular flexibility index (Phi) is 2.22. The Bertz CT molecular complexity index is 395. The molecule has 4 N–H and O–H groups in total. The zero-order chi connectivity index (χ0) is 9.80. The van der Waals surface area contributed by atoms with Crippen LogP contribution in [0.5, 0.6) is 0 Å². The summed E-state index contributed by atoms with van der Waals surface area (Å²) in [4.78, 5) is 11.7. The van der Waals surface area contributed by atoms with Gasteiger partial charge in [0.1, 0.15) is 6.33 Å². The molecule has 0 spiro atoms. The number of H-pyrrole nitrogens is 1. The number of hydrogen-bond acceptors (Lipinski definition) is 6. The van der Waals surface area contributed by atoms with Gasteiger partial charge < -0.3 is 11.1 Å².